The van der Waals surface area contributed by atoms with Crippen molar-refractivity contribution in [2.24, 2.45) is 5.73 Å². The standard InChI is InChI=1S/C12H15N3O2S/c1-8-2-3-11-14-9(5-15(11)4-8)6-18-7-10(13)12(16)17/h2-5,10H,6-7,13H2,1H3,(H,16,17)/t10-/m0/s1. The number of carboxylic acid groups (broad SMARTS) is 1. The zero-order valence-corrected chi connectivity index (χ0v) is 10.9. The highest BCUT2D eigenvalue weighted by molar-refractivity contribution is 7.98. The molecule has 0 amide bonds. The maximum Gasteiger partial charge on any atom is 0.321 e. The number of thioether (sulfide) groups is 1. The number of nitrogens with two attached hydrogens (primary N) is 1. The Morgan fingerprint density at radius 3 is 3.06 bits per heavy atom. The van der Waals surface area contributed by atoms with Gasteiger partial charge in [0.25, 0.3) is 0 Å². The maximum absolute atomic E-state index is 10.6. The minimum absolute atomic E-state index is 0.391. The molecule has 0 aliphatic rings. The minimum atomic E-state index is -0.965. The lowest BCUT2D eigenvalue weighted by molar-refractivity contribution is -0.137. The van der Waals surface area contributed by atoms with Gasteiger partial charge in [0, 0.05) is 23.9 Å². The molecule has 1 atom stereocenters. The van der Waals surface area contributed by atoms with Gasteiger partial charge >= 0.3 is 5.97 Å². The number of carboxylic acids is 1. The van der Waals surface area contributed by atoms with Crippen molar-refractivity contribution < 1.29 is 9.90 Å². The number of rotatable bonds is 5. The van der Waals surface area contributed by atoms with Gasteiger partial charge in [-0.25, -0.2) is 4.98 Å². The number of hydrogen-bond acceptors (Lipinski definition) is 4. The molecule has 3 N–H and O–H groups in total. The summed E-state index contributed by atoms with van der Waals surface area (Å²) in [6.45, 7) is 2.03. The zero-order chi connectivity index (χ0) is 13.1. The summed E-state index contributed by atoms with van der Waals surface area (Å²) in [6.07, 6.45) is 3.97. The molecule has 0 aliphatic heterocycles. The summed E-state index contributed by atoms with van der Waals surface area (Å²) in [4.78, 5) is 15.0. The van der Waals surface area contributed by atoms with Crippen molar-refractivity contribution >= 4 is 23.4 Å². The van der Waals surface area contributed by atoms with Crippen LogP contribution in [-0.4, -0.2) is 32.3 Å². The predicted octanol–water partition coefficient (Wildman–Crippen LogP) is 1.29. The molecule has 0 radical (unpaired) electrons. The first-order valence-electron chi connectivity index (χ1n) is 5.56. The fourth-order valence-electron chi connectivity index (χ4n) is 1.59. The smallest absolute Gasteiger partial charge is 0.321 e. The fourth-order valence-corrected chi connectivity index (χ4v) is 2.45. The van der Waals surface area contributed by atoms with Crippen LogP contribution in [0.5, 0.6) is 0 Å². The molecule has 0 fully saturated rings. The van der Waals surface area contributed by atoms with Gasteiger partial charge in [-0.1, -0.05) is 6.07 Å². The Morgan fingerprint density at radius 1 is 1.56 bits per heavy atom. The fraction of sp³-hybridized carbons (Fsp3) is 0.333. The van der Waals surface area contributed by atoms with Crippen LogP contribution in [0.1, 0.15) is 11.3 Å². The number of pyridine rings is 1. The quantitative estimate of drug-likeness (QED) is 0.851. The van der Waals surface area contributed by atoms with Crippen molar-refractivity contribution in [1.29, 1.82) is 0 Å². The van der Waals surface area contributed by atoms with Crippen molar-refractivity contribution in [3.05, 3.63) is 35.8 Å². The molecule has 0 saturated carbocycles. The van der Waals surface area contributed by atoms with E-state index in [2.05, 4.69) is 4.98 Å². The molecule has 96 valence electrons. The SMILES string of the molecule is Cc1ccc2nc(CSC[C@H](N)C(=O)O)cn2c1. The summed E-state index contributed by atoms with van der Waals surface area (Å²) in [6, 6.07) is 3.17. The van der Waals surface area contributed by atoms with Gasteiger partial charge in [0.05, 0.1) is 5.69 Å². The van der Waals surface area contributed by atoms with Crippen molar-refractivity contribution in [3.63, 3.8) is 0 Å². The van der Waals surface area contributed by atoms with Crippen molar-refractivity contribution in [2.75, 3.05) is 5.75 Å². The average molecular weight is 265 g/mol. The Kier molecular flexibility index (Phi) is 3.88. The van der Waals surface area contributed by atoms with E-state index in [-0.39, 0.29) is 0 Å². The minimum Gasteiger partial charge on any atom is -0.480 e. The summed E-state index contributed by atoms with van der Waals surface area (Å²) in [7, 11) is 0. The lowest BCUT2D eigenvalue weighted by Crippen LogP contribution is -2.32. The second-order valence-corrected chi connectivity index (χ2v) is 5.19. The molecule has 0 unspecified atom stereocenters. The van der Waals surface area contributed by atoms with Gasteiger partial charge in [-0.05, 0) is 18.6 Å². The summed E-state index contributed by atoms with van der Waals surface area (Å²) in [5, 5.41) is 8.67. The van der Waals surface area contributed by atoms with E-state index in [0.717, 1.165) is 11.3 Å². The van der Waals surface area contributed by atoms with E-state index in [9.17, 15) is 4.79 Å². The van der Waals surface area contributed by atoms with Gasteiger partial charge in [0.1, 0.15) is 11.7 Å². The first-order valence-corrected chi connectivity index (χ1v) is 6.72. The molecule has 0 saturated heterocycles. The molecule has 2 aromatic heterocycles. The van der Waals surface area contributed by atoms with E-state index < -0.39 is 12.0 Å². The van der Waals surface area contributed by atoms with Crippen LogP contribution in [0.4, 0.5) is 0 Å². The van der Waals surface area contributed by atoms with Gasteiger partial charge in [-0.15, -0.1) is 0 Å². The third-order valence-corrected chi connectivity index (χ3v) is 3.61. The van der Waals surface area contributed by atoms with E-state index in [1.54, 1.807) is 0 Å². The third kappa shape index (κ3) is 3.02. The van der Waals surface area contributed by atoms with E-state index in [1.807, 2.05) is 35.9 Å². The summed E-state index contributed by atoms with van der Waals surface area (Å²) < 4.78 is 1.97. The monoisotopic (exact) mass is 265 g/mol. The Balaban J connectivity index is 1.98. The van der Waals surface area contributed by atoms with Gasteiger partial charge < -0.3 is 15.2 Å². The second kappa shape index (κ2) is 5.41. The molecule has 0 aliphatic carbocycles. The highest BCUT2D eigenvalue weighted by atomic mass is 32.2. The predicted molar refractivity (Wildman–Crippen MR) is 71.7 cm³/mol. The number of hydrogen-bond donors (Lipinski definition) is 2. The van der Waals surface area contributed by atoms with Crippen molar-refractivity contribution in [1.82, 2.24) is 9.38 Å². The van der Waals surface area contributed by atoms with Crippen LogP contribution in [-0.2, 0) is 10.5 Å². The van der Waals surface area contributed by atoms with Gasteiger partial charge in [-0.3, -0.25) is 4.79 Å². The second-order valence-electron chi connectivity index (χ2n) is 4.16. The molecule has 0 spiro atoms. The zero-order valence-electron chi connectivity index (χ0n) is 10.0. The molecule has 5 nitrogen and oxygen atoms in total. The van der Waals surface area contributed by atoms with E-state index >= 15 is 0 Å². The molecule has 2 aromatic rings. The highest BCUT2D eigenvalue weighted by Crippen LogP contribution is 2.14. The lowest BCUT2D eigenvalue weighted by Gasteiger charge is -2.03. The lowest BCUT2D eigenvalue weighted by atomic mass is 10.3. The van der Waals surface area contributed by atoms with Crippen LogP contribution in [0, 0.1) is 6.92 Å². The number of aromatic nitrogens is 2. The molecular formula is C12H15N3O2S. The Hall–Kier alpha value is -1.53. The van der Waals surface area contributed by atoms with E-state index in [4.69, 9.17) is 10.8 Å². The first-order chi connectivity index (χ1) is 8.56. The highest BCUT2D eigenvalue weighted by Gasteiger charge is 2.11. The number of aryl methyl sites for hydroxylation is 1. The van der Waals surface area contributed by atoms with Crippen LogP contribution >= 0.6 is 11.8 Å². The van der Waals surface area contributed by atoms with Crippen molar-refractivity contribution in [3.8, 4) is 0 Å². The third-order valence-electron chi connectivity index (χ3n) is 2.51. The number of aliphatic carboxylic acids is 1. The Bertz CT molecular complexity index is 567. The van der Waals surface area contributed by atoms with E-state index in [0.29, 0.717) is 11.5 Å². The number of carbonyl (C=O) groups is 1. The van der Waals surface area contributed by atoms with Gasteiger partial charge in [0.15, 0.2) is 0 Å². The number of fused-ring (bicyclic) bond motifs is 1. The van der Waals surface area contributed by atoms with Crippen LogP contribution < -0.4 is 5.73 Å². The van der Waals surface area contributed by atoms with Crippen LogP contribution in [0.25, 0.3) is 5.65 Å². The summed E-state index contributed by atoms with van der Waals surface area (Å²) in [5.74, 6) is 0.0948. The van der Waals surface area contributed by atoms with Crippen LogP contribution in [0.15, 0.2) is 24.5 Å². The Morgan fingerprint density at radius 2 is 2.33 bits per heavy atom. The molecule has 2 heterocycles. The largest absolute Gasteiger partial charge is 0.480 e. The van der Waals surface area contributed by atoms with Crippen LogP contribution in [0.3, 0.4) is 0 Å². The van der Waals surface area contributed by atoms with Crippen molar-refractivity contribution in [2.45, 2.75) is 18.7 Å². The average Bonchev–Trinajstić information content (AvgIpc) is 2.70. The van der Waals surface area contributed by atoms with E-state index in [1.165, 1.54) is 17.3 Å². The summed E-state index contributed by atoms with van der Waals surface area (Å²) >= 11 is 1.48. The van der Waals surface area contributed by atoms with Gasteiger partial charge in [-0.2, -0.15) is 11.8 Å². The normalized spacial score (nSPS) is 12.8. The van der Waals surface area contributed by atoms with Gasteiger partial charge in [0.2, 0.25) is 0 Å². The summed E-state index contributed by atoms with van der Waals surface area (Å²) in [5.41, 5.74) is 8.44. The number of imidazole rings is 1. The topological polar surface area (TPSA) is 80.6 Å². The molecule has 18 heavy (non-hydrogen) atoms. The molecule has 0 aromatic carbocycles. The molecular weight excluding hydrogens is 250 g/mol. The maximum atomic E-state index is 10.6. The Labute approximate surface area is 109 Å². The molecule has 6 heteroatoms. The number of nitrogens with zero attached hydrogens (tertiary/aromatic N) is 2. The molecule has 2 rings (SSSR count). The molecule has 0 bridgehead atoms. The van der Waals surface area contributed by atoms with Crippen LogP contribution in [0.2, 0.25) is 0 Å². The first kappa shape index (κ1) is 12.9.